The molecule has 16 heavy (non-hydrogen) atoms. The number of halogens is 2. The van der Waals surface area contributed by atoms with Crippen molar-refractivity contribution in [1.29, 1.82) is 0 Å². The third-order valence-corrected chi connectivity index (χ3v) is 2.80. The van der Waals surface area contributed by atoms with Gasteiger partial charge in [0.2, 0.25) is 0 Å². The van der Waals surface area contributed by atoms with Crippen molar-refractivity contribution in [3.8, 4) is 0 Å². The normalized spacial score (nSPS) is 10.2. The van der Waals surface area contributed by atoms with E-state index >= 15 is 0 Å². The van der Waals surface area contributed by atoms with Gasteiger partial charge in [0.15, 0.2) is 0 Å². The van der Waals surface area contributed by atoms with E-state index in [2.05, 4.69) is 26.2 Å². The maximum absolute atomic E-state index is 13.5. The second-order valence-electron chi connectivity index (χ2n) is 3.46. The molecule has 0 aliphatic heterocycles. The Hall–Kier alpha value is -1.42. The molecule has 0 amide bonds. The van der Waals surface area contributed by atoms with E-state index in [0.29, 0.717) is 5.69 Å². The van der Waals surface area contributed by atoms with Crippen molar-refractivity contribution in [2.45, 2.75) is 6.92 Å². The van der Waals surface area contributed by atoms with Crippen molar-refractivity contribution in [2.24, 2.45) is 0 Å². The van der Waals surface area contributed by atoms with Gasteiger partial charge in [0, 0.05) is 12.4 Å². The lowest BCUT2D eigenvalue weighted by atomic mass is 10.2. The van der Waals surface area contributed by atoms with Crippen LogP contribution in [0, 0.1) is 12.7 Å². The molecule has 82 valence electrons. The highest BCUT2D eigenvalue weighted by atomic mass is 79.9. The third kappa shape index (κ3) is 2.39. The molecule has 2 aromatic rings. The van der Waals surface area contributed by atoms with Crippen LogP contribution in [0.1, 0.15) is 5.56 Å². The molecule has 0 aliphatic carbocycles. The highest BCUT2D eigenvalue weighted by Gasteiger charge is 2.04. The van der Waals surface area contributed by atoms with Crippen LogP contribution in [-0.2, 0) is 0 Å². The molecule has 0 spiro atoms. The zero-order chi connectivity index (χ0) is 11.5. The Morgan fingerprint density at radius 2 is 2.06 bits per heavy atom. The first kappa shape index (κ1) is 11.1. The topological polar surface area (TPSA) is 24.9 Å². The number of aryl methyl sites for hydroxylation is 1. The number of rotatable bonds is 2. The lowest BCUT2D eigenvalue weighted by Crippen LogP contribution is -1.95. The summed E-state index contributed by atoms with van der Waals surface area (Å²) in [5.41, 5.74) is 2.26. The molecule has 0 atom stereocenters. The summed E-state index contributed by atoms with van der Waals surface area (Å²) in [6, 6.07) is 6.74. The molecule has 1 N–H and O–H groups in total. The van der Waals surface area contributed by atoms with E-state index in [1.807, 2.05) is 6.92 Å². The van der Waals surface area contributed by atoms with Gasteiger partial charge in [-0.1, -0.05) is 6.07 Å². The molecule has 1 aromatic carbocycles. The van der Waals surface area contributed by atoms with Crippen LogP contribution in [-0.4, -0.2) is 4.98 Å². The predicted octanol–water partition coefficient (Wildman–Crippen LogP) is 4.04. The lowest BCUT2D eigenvalue weighted by Gasteiger charge is -2.09. The molecule has 2 rings (SSSR count). The van der Waals surface area contributed by atoms with Gasteiger partial charge in [-0.3, -0.25) is 4.98 Å². The minimum Gasteiger partial charge on any atom is -0.352 e. The molecule has 0 saturated carbocycles. The van der Waals surface area contributed by atoms with Crippen LogP contribution in [0.4, 0.5) is 15.8 Å². The highest BCUT2D eigenvalue weighted by molar-refractivity contribution is 9.10. The second kappa shape index (κ2) is 4.61. The van der Waals surface area contributed by atoms with E-state index in [4.69, 9.17) is 0 Å². The molecular weight excluding hydrogens is 271 g/mol. The second-order valence-corrected chi connectivity index (χ2v) is 4.32. The largest absolute Gasteiger partial charge is 0.352 e. The number of pyridine rings is 1. The Balaban J connectivity index is 2.34. The van der Waals surface area contributed by atoms with Crippen molar-refractivity contribution < 1.29 is 4.39 Å². The van der Waals surface area contributed by atoms with Gasteiger partial charge in [-0.2, -0.15) is 0 Å². The Morgan fingerprint density at radius 3 is 2.81 bits per heavy atom. The average Bonchev–Trinajstić information content (AvgIpc) is 2.27. The molecule has 0 unspecified atom stereocenters. The standard InChI is InChI=1S/C12H10BrFN2/c1-8-2-3-10(14)12(6-8)16-11-4-5-15-7-9(11)13/h2-7H,1H3,(H,15,16). The molecule has 0 saturated heterocycles. The quantitative estimate of drug-likeness (QED) is 0.898. The Morgan fingerprint density at radius 1 is 1.25 bits per heavy atom. The van der Waals surface area contributed by atoms with Crippen LogP contribution >= 0.6 is 15.9 Å². The lowest BCUT2D eigenvalue weighted by molar-refractivity contribution is 0.631. The van der Waals surface area contributed by atoms with Crippen molar-refractivity contribution in [2.75, 3.05) is 5.32 Å². The summed E-state index contributed by atoms with van der Waals surface area (Å²) in [6.07, 6.45) is 3.32. The zero-order valence-electron chi connectivity index (χ0n) is 8.67. The van der Waals surface area contributed by atoms with E-state index in [-0.39, 0.29) is 5.82 Å². The van der Waals surface area contributed by atoms with Crippen molar-refractivity contribution >= 4 is 27.3 Å². The number of hydrogen-bond donors (Lipinski definition) is 1. The zero-order valence-corrected chi connectivity index (χ0v) is 10.3. The molecule has 0 fully saturated rings. The van der Waals surface area contributed by atoms with Crippen LogP contribution in [0.5, 0.6) is 0 Å². The summed E-state index contributed by atoms with van der Waals surface area (Å²) in [5.74, 6) is -0.269. The van der Waals surface area contributed by atoms with E-state index in [1.165, 1.54) is 6.07 Å². The smallest absolute Gasteiger partial charge is 0.146 e. The molecule has 4 heteroatoms. The van der Waals surface area contributed by atoms with Crippen molar-refractivity contribution in [3.05, 3.63) is 52.5 Å². The first-order chi connectivity index (χ1) is 7.66. The van der Waals surface area contributed by atoms with Crippen LogP contribution in [0.15, 0.2) is 41.1 Å². The van der Waals surface area contributed by atoms with Gasteiger partial charge in [0.05, 0.1) is 15.8 Å². The Bertz CT molecular complexity index is 514. The Labute approximate surface area is 102 Å². The fraction of sp³-hybridized carbons (Fsp3) is 0.0833. The van der Waals surface area contributed by atoms with E-state index in [1.54, 1.807) is 30.6 Å². The fourth-order valence-electron chi connectivity index (χ4n) is 1.36. The SMILES string of the molecule is Cc1ccc(F)c(Nc2ccncc2Br)c1. The molecule has 0 bridgehead atoms. The maximum atomic E-state index is 13.5. The summed E-state index contributed by atoms with van der Waals surface area (Å²) in [7, 11) is 0. The monoisotopic (exact) mass is 280 g/mol. The summed E-state index contributed by atoms with van der Waals surface area (Å²) in [5, 5.41) is 3.02. The summed E-state index contributed by atoms with van der Waals surface area (Å²) < 4.78 is 14.3. The molecule has 0 aliphatic rings. The number of benzene rings is 1. The highest BCUT2D eigenvalue weighted by Crippen LogP contribution is 2.26. The first-order valence-corrected chi connectivity index (χ1v) is 5.59. The minimum atomic E-state index is -0.269. The number of anilines is 2. The predicted molar refractivity (Wildman–Crippen MR) is 66.4 cm³/mol. The molecule has 1 aromatic heterocycles. The molecule has 0 radical (unpaired) electrons. The van der Waals surface area contributed by atoms with Crippen LogP contribution in [0.25, 0.3) is 0 Å². The van der Waals surface area contributed by atoms with Crippen LogP contribution in [0.2, 0.25) is 0 Å². The summed E-state index contributed by atoms with van der Waals surface area (Å²) >= 11 is 3.35. The molecular formula is C12H10BrFN2. The molecule has 1 heterocycles. The fourth-order valence-corrected chi connectivity index (χ4v) is 1.71. The van der Waals surface area contributed by atoms with Gasteiger partial charge < -0.3 is 5.32 Å². The van der Waals surface area contributed by atoms with Gasteiger partial charge in [-0.05, 0) is 46.6 Å². The van der Waals surface area contributed by atoms with Gasteiger partial charge in [0.1, 0.15) is 5.82 Å². The number of aromatic nitrogens is 1. The van der Waals surface area contributed by atoms with Gasteiger partial charge in [0.25, 0.3) is 0 Å². The average molecular weight is 281 g/mol. The van der Waals surface area contributed by atoms with Gasteiger partial charge >= 0.3 is 0 Å². The van der Waals surface area contributed by atoms with Gasteiger partial charge in [-0.15, -0.1) is 0 Å². The van der Waals surface area contributed by atoms with E-state index in [0.717, 1.165) is 15.7 Å². The van der Waals surface area contributed by atoms with Crippen molar-refractivity contribution in [3.63, 3.8) is 0 Å². The van der Waals surface area contributed by atoms with Crippen molar-refractivity contribution in [1.82, 2.24) is 4.98 Å². The Kier molecular flexibility index (Phi) is 3.19. The number of hydrogen-bond acceptors (Lipinski definition) is 2. The first-order valence-electron chi connectivity index (χ1n) is 4.79. The van der Waals surface area contributed by atoms with Gasteiger partial charge in [-0.25, -0.2) is 4.39 Å². The molecule has 2 nitrogen and oxygen atoms in total. The summed E-state index contributed by atoms with van der Waals surface area (Å²) in [6.45, 7) is 1.92. The van der Waals surface area contributed by atoms with Crippen LogP contribution in [0.3, 0.4) is 0 Å². The minimum absolute atomic E-state index is 0.269. The summed E-state index contributed by atoms with van der Waals surface area (Å²) in [4.78, 5) is 3.95. The van der Waals surface area contributed by atoms with Crippen LogP contribution < -0.4 is 5.32 Å². The number of nitrogens with one attached hydrogen (secondary N) is 1. The van der Waals surface area contributed by atoms with E-state index < -0.39 is 0 Å². The number of nitrogens with zero attached hydrogens (tertiary/aromatic N) is 1. The van der Waals surface area contributed by atoms with E-state index in [9.17, 15) is 4.39 Å². The third-order valence-electron chi connectivity index (χ3n) is 2.16. The maximum Gasteiger partial charge on any atom is 0.146 e.